The average Bonchev–Trinajstić information content (AvgIpc) is 2.86. The highest BCUT2D eigenvalue weighted by molar-refractivity contribution is 5.80. The number of anilines is 1. The van der Waals surface area contributed by atoms with Gasteiger partial charge in [-0.15, -0.1) is 0 Å². The number of rotatable bonds is 3. The molecular formula is C13H19N3O3. The molecule has 1 aromatic heterocycles. The first kappa shape index (κ1) is 13.6. The molecule has 1 fully saturated rings. The number of carbonyl (C=O) groups excluding carboxylic acids is 1. The zero-order valence-electron chi connectivity index (χ0n) is 11.5. The van der Waals surface area contributed by atoms with Gasteiger partial charge in [-0.25, -0.2) is 9.78 Å². The molecule has 0 aliphatic carbocycles. The van der Waals surface area contributed by atoms with E-state index in [0.29, 0.717) is 18.2 Å². The highest BCUT2D eigenvalue weighted by atomic mass is 16.5. The molecule has 1 N–H and O–H groups in total. The van der Waals surface area contributed by atoms with E-state index in [1.165, 1.54) is 13.2 Å². The number of hydrogen-bond acceptors (Lipinski definition) is 5. The van der Waals surface area contributed by atoms with Crippen LogP contribution in [0.2, 0.25) is 0 Å². The maximum absolute atomic E-state index is 11.7. The molecule has 0 spiro atoms. The Kier molecular flexibility index (Phi) is 3.87. The number of hydrogen-bond donors (Lipinski definition) is 1. The number of aromatic amines is 1. The summed E-state index contributed by atoms with van der Waals surface area (Å²) in [5, 5.41) is 0. The van der Waals surface area contributed by atoms with Gasteiger partial charge in [0, 0.05) is 18.5 Å². The predicted molar refractivity (Wildman–Crippen MR) is 71.3 cm³/mol. The van der Waals surface area contributed by atoms with Crippen molar-refractivity contribution in [3.8, 4) is 0 Å². The van der Waals surface area contributed by atoms with Crippen molar-refractivity contribution in [3.05, 3.63) is 22.2 Å². The molecule has 1 saturated heterocycles. The van der Waals surface area contributed by atoms with Crippen LogP contribution >= 0.6 is 0 Å². The Bertz CT molecular complexity index is 524. The standard InChI is InChI=1S/C13H19N3O3/c1-8(2)12-14-10(7-11(17)15-12)16-6-4-5-9(16)13(18)19-3/h7-9H,4-6H2,1-3H3,(H,14,15,17). The first-order valence-corrected chi connectivity index (χ1v) is 6.48. The van der Waals surface area contributed by atoms with Gasteiger partial charge in [0.1, 0.15) is 17.7 Å². The Morgan fingerprint density at radius 1 is 1.58 bits per heavy atom. The zero-order chi connectivity index (χ0) is 14.0. The molecule has 1 aromatic rings. The Labute approximate surface area is 111 Å². The fourth-order valence-electron chi connectivity index (χ4n) is 2.31. The van der Waals surface area contributed by atoms with Gasteiger partial charge in [0.15, 0.2) is 0 Å². The summed E-state index contributed by atoms with van der Waals surface area (Å²) in [5.41, 5.74) is -0.191. The quantitative estimate of drug-likeness (QED) is 0.826. The monoisotopic (exact) mass is 265 g/mol. The molecule has 6 heteroatoms. The minimum Gasteiger partial charge on any atom is -0.467 e. The summed E-state index contributed by atoms with van der Waals surface area (Å²) in [7, 11) is 1.38. The lowest BCUT2D eigenvalue weighted by Crippen LogP contribution is -2.38. The van der Waals surface area contributed by atoms with Crippen LogP contribution in [-0.4, -0.2) is 35.6 Å². The van der Waals surface area contributed by atoms with Crippen molar-refractivity contribution in [3.63, 3.8) is 0 Å². The molecular weight excluding hydrogens is 246 g/mol. The number of H-pyrrole nitrogens is 1. The molecule has 6 nitrogen and oxygen atoms in total. The molecule has 104 valence electrons. The van der Waals surface area contributed by atoms with E-state index in [2.05, 4.69) is 9.97 Å². The number of carbonyl (C=O) groups is 1. The smallest absolute Gasteiger partial charge is 0.328 e. The van der Waals surface area contributed by atoms with Crippen LogP contribution in [0.4, 0.5) is 5.82 Å². The van der Waals surface area contributed by atoms with Gasteiger partial charge in [-0.1, -0.05) is 13.8 Å². The zero-order valence-corrected chi connectivity index (χ0v) is 11.5. The fourth-order valence-corrected chi connectivity index (χ4v) is 2.31. The van der Waals surface area contributed by atoms with E-state index in [1.807, 2.05) is 18.7 Å². The van der Waals surface area contributed by atoms with Crippen molar-refractivity contribution in [2.75, 3.05) is 18.6 Å². The molecule has 1 aliphatic rings. The summed E-state index contributed by atoms with van der Waals surface area (Å²) >= 11 is 0. The molecule has 1 unspecified atom stereocenters. The van der Waals surface area contributed by atoms with Crippen molar-refractivity contribution in [2.45, 2.75) is 38.6 Å². The van der Waals surface area contributed by atoms with Gasteiger partial charge in [-0.3, -0.25) is 4.79 Å². The van der Waals surface area contributed by atoms with Crippen LogP contribution in [0.15, 0.2) is 10.9 Å². The summed E-state index contributed by atoms with van der Waals surface area (Å²) in [6.45, 7) is 4.64. The van der Waals surface area contributed by atoms with Crippen molar-refractivity contribution in [1.29, 1.82) is 0 Å². The minimum absolute atomic E-state index is 0.131. The SMILES string of the molecule is COC(=O)C1CCCN1c1cc(=O)[nH]c(C(C)C)n1. The third-order valence-corrected chi connectivity index (χ3v) is 3.31. The lowest BCUT2D eigenvalue weighted by molar-refractivity contribution is -0.141. The largest absolute Gasteiger partial charge is 0.467 e. The van der Waals surface area contributed by atoms with Crippen LogP contribution in [-0.2, 0) is 9.53 Å². The van der Waals surface area contributed by atoms with Gasteiger partial charge in [0.25, 0.3) is 5.56 Å². The van der Waals surface area contributed by atoms with Crippen LogP contribution in [0.25, 0.3) is 0 Å². The van der Waals surface area contributed by atoms with Crippen molar-refractivity contribution < 1.29 is 9.53 Å². The van der Waals surface area contributed by atoms with Crippen LogP contribution in [0.1, 0.15) is 38.4 Å². The Hall–Kier alpha value is -1.85. The summed E-state index contributed by atoms with van der Waals surface area (Å²) in [6, 6.07) is 1.10. The number of aromatic nitrogens is 2. The molecule has 19 heavy (non-hydrogen) atoms. The van der Waals surface area contributed by atoms with E-state index in [-0.39, 0.29) is 23.5 Å². The Balaban J connectivity index is 2.35. The van der Waals surface area contributed by atoms with Crippen LogP contribution < -0.4 is 10.5 Å². The van der Waals surface area contributed by atoms with Crippen molar-refractivity contribution in [1.82, 2.24) is 9.97 Å². The van der Waals surface area contributed by atoms with Gasteiger partial charge >= 0.3 is 5.97 Å². The van der Waals surface area contributed by atoms with Crippen LogP contribution in [0, 0.1) is 0 Å². The second kappa shape index (κ2) is 5.42. The predicted octanol–water partition coefficient (Wildman–Crippen LogP) is 1.04. The Morgan fingerprint density at radius 3 is 2.95 bits per heavy atom. The summed E-state index contributed by atoms with van der Waals surface area (Å²) in [4.78, 5) is 32.4. The highest BCUT2D eigenvalue weighted by Gasteiger charge is 2.32. The van der Waals surface area contributed by atoms with Crippen LogP contribution in [0.3, 0.4) is 0 Å². The summed E-state index contributed by atoms with van der Waals surface area (Å²) in [6.07, 6.45) is 1.63. The summed E-state index contributed by atoms with van der Waals surface area (Å²) < 4.78 is 4.80. The molecule has 0 aromatic carbocycles. The number of nitrogens with zero attached hydrogens (tertiary/aromatic N) is 2. The Morgan fingerprint density at radius 2 is 2.32 bits per heavy atom. The van der Waals surface area contributed by atoms with Gasteiger partial charge in [0.2, 0.25) is 0 Å². The maximum atomic E-state index is 11.7. The molecule has 0 radical (unpaired) electrons. The van der Waals surface area contributed by atoms with E-state index in [0.717, 1.165) is 12.8 Å². The molecule has 1 atom stereocenters. The van der Waals surface area contributed by atoms with E-state index in [1.54, 1.807) is 0 Å². The van der Waals surface area contributed by atoms with E-state index >= 15 is 0 Å². The summed E-state index contributed by atoms with van der Waals surface area (Å²) in [5.74, 6) is 1.05. The lowest BCUT2D eigenvalue weighted by atomic mass is 10.2. The van der Waals surface area contributed by atoms with Gasteiger partial charge in [-0.05, 0) is 12.8 Å². The molecule has 0 saturated carbocycles. The molecule has 2 rings (SSSR count). The number of ether oxygens (including phenoxy) is 1. The van der Waals surface area contributed by atoms with E-state index in [9.17, 15) is 9.59 Å². The lowest BCUT2D eigenvalue weighted by Gasteiger charge is -2.24. The molecule has 1 aliphatic heterocycles. The van der Waals surface area contributed by atoms with Crippen molar-refractivity contribution in [2.24, 2.45) is 0 Å². The number of nitrogens with one attached hydrogen (secondary N) is 1. The topological polar surface area (TPSA) is 75.3 Å². The van der Waals surface area contributed by atoms with E-state index in [4.69, 9.17) is 4.74 Å². The third-order valence-electron chi connectivity index (χ3n) is 3.31. The molecule has 0 amide bonds. The van der Waals surface area contributed by atoms with Crippen molar-refractivity contribution >= 4 is 11.8 Å². The van der Waals surface area contributed by atoms with Gasteiger partial charge in [-0.2, -0.15) is 0 Å². The first-order chi connectivity index (χ1) is 9.02. The first-order valence-electron chi connectivity index (χ1n) is 6.48. The van der Waals surface area contributed by atoms with Crippen LogP contribution in [0.5, 0.6) is 0 Å². The second-order valence-electron chi connectivity index (χ2n) is 5.02. The van der Waals surface area contributed by atoms with Gasteiger partial charge < -0.3 is 14.6 Å². The third kappa shape index (κ3) is 2.77. The maximum Gasteiger partial charge on any atom is 0.328 e. The van der Waals surface area contributed by atoms with Gasteiger partial charge in [0.05, 0.1) is 7.11 Å². The molecule has 2 heterocycles. The molecule has 0 bridgehead atoms. The van der Waals surface area contributed by atoms with E-state index < -0.39 is 0 Å². The second-order valence-corrected chi connectivity index (χ2v) is 5.02. The number of methoxy groups -OCH3 is 1. The minimum atomic E-state index is -0.334. The number of esters is 1. The normalized spacial score (nSPS) is 18.9. The fraction of sp³-hybridized carbons (Fsp3) is 0.615. The average molecular weight is 265 g/mol. The highest BCUT2D eigenvalue weighted by Crippen LogP contribution is 2.24.